The van der Waals surface area contributed by atoms with E-state index in [9.17, 15) is 8.42 Å². The van der Waals surface area contributed by atoms with Gasteiger partial charge in [0.2, 0.25) is 0 Å². The molecule has 0 aromatic carbocycles. The van der Waals surface area contributed by atoms with Gasteiger partial charge in [0.15, 0.2) is 9.84 Å². The Kier molecular flexibility index (Phi) is 5.72. The van der Waals surface area contributed by atoms with Crippen molar-refractivity contribution in [2.75, 3.05) is 37.8 Å². The third kappa shape index (κ3) is 5.82. The van der Waals surface area contributed by atoms with Crippen LogP contribution in [0.5, 0.6) is 0 Å². The zero-order chi connectivity index (χ0) is 12.0. The van der Waals surface area contributed by atoms with Gasteiger partial charge in [-0.3, -0.25) is 0 Å². The molecule has 0 radical (unpaired) electrons. The predicted molar refractivity (Wildman–Crippen MR) is 65.3 cm³/mol. The van der Waals surface area contributed by atoms with E-state index in [4.69, 9.17) is 4.74 Å². The van der Waals surface area contributed by atoms with Crippen molar-refractivity contribution in [1.29, 1.82) is 0 Å². The summed E-state index contributed by atoms with van der Waals surface area (Å²) in [5.41, 5.74) is 0. The van der Waals surface area contributed by atoms with E-state index in [1.165, 1.54) is 0 Å². The zero-order valence-electron chi connectivity index (χ0n) is 10.2. The van der Waals surface area contributed by atoms with Gasteiger partial charge in [-0.25, -0.2) is 8.42 Å². The van der Waals surface area contributed by atoms with Crippen LogP contribution >= 0.6 is 0 Å². The third-order valence-electron chi connectivity index (χ3n) is 2.63. The Bertz CT molecular complexity index is 288. The summed E-state index contributed by atoms with van der Waals surface area (Å²) in [6.07, 6.45) is 0.808. The van der Waals surface area contributed by atoms with E-state index in [2.05, 4.69) is 19.2 Å². The number of nitrogens with one attached hydrogen (secondary N) is 1. The van der Waals surface area contributed by atoms with Gasteiger partial charge in [-0.2, -0.15) is 0 Å². The second-order valence-electron chi connectivity index (χ2n) is 4.94. The summed E-state index contributed by atoms with van der Waals surface area (Å²) in [6.45, 7) is 7.35. The van der Waals surface area contributed by atoms with E-state index in [1.807, 2.05) is 0 Å². The summed E-state index contributed by atoms with van der Waals surface area (Å²) in [5, 5.41) is 3.25. The summed E-state index contributed by atoms with van der Waals surface area (Å²) in [4.78, 5) is 0. The minimum atomic E-state index is -2.73. The quantitative estimate of drug-likeness (QED) is 0.674. The molecule has 0 spiro atoms. The van der Waals surface area contributed by atoms with E-state index >= 15 is 0 Å². The topological polar surface area (TPSA) is 55.4 Å². The average molecular weight is 249 g/mol. The highest BCUT2D eigenvalue weighted by atomic mass is 32.2. The Balaban J connectivity index is 1.96. The molecule has 96 valence electrons. The second kappa shape index (κ2) is 6.57. The first kappa shape index (κ1) is 13.9. The van der Waals surface area contributed by atoms with Gasteiger partial charge < -0.3 is 10.1 Å². The summed E-state index contributed by atoms with van der Waals surface area (Å²) < 4.78 is 27.8. The van der Waals surface area contributed by atoms with Gasteiger partial charge in [0, 0.05) is 13.2 Å². The molecule has 5 heteroatoms. The van der Waals surface area contributed by atoms with Crippen LogP contribution in [0.25, 0.3) is 0 Å². The van der Waals surface area contributed by atoms with Crippen LogP contribution in [0.15, 0.2) is 0 Å². The Morgan fingerprint density at radius 3 is 2.75 bits per heavy atom. The van der Waals surface area contributed by atoms with Crippen molar-refractivity contribution >= 4 is 9.84 Å². The molecule has 0 aliphatic carbocycles. The van der Waals surface area contributed by atoms with E-state index < -0.39 is 9.84 Å². The van der Waals surface area contributed by atoms with Crippen LogP contribution in [0.1, 0.15) is 20.3 Å². The molecular formula is C11H23NO3S. The predicted octanol–water partition coefficient (Wildman–Crippen LogP) is 0.683. The van der Waals surface area contributed by atoms with Gasteiger partial charge in [0.05, 0.1) is 18.1 Å². The summed E-state index contributed by atoms with van der Waals surface area (Å²) in [7, 11) is -2.73. The number of rotatable bonds is 7. The van der Waals surface area contributed by atoms with Crippen molar-refractivity contribution in [2.45, 2.75) is 20.3 Å². The van der Waals surface area contributed by atoms with Gasteiger partial charge in [-0.05, 0) is 24.8 Å². The minimum Gasteiger partial charge on any atom is -0.380 e. The number of ether oxygens (including phenoxy) is 1. The SMILES string of the molecule is CC(C)COCCNCC1CCS(=O)(=O)C1. The van der Waals surface area contributed by atoms with Crippen molar-refractivity contribution < 1.29 is 13.2 Å². The van der Waals surface area contributed by atoms with Crippen molar-refractivity contribution in [3.8, 4) is 0 Å². The highest BCUT2D eigenvalue weighted by molar-refractivity contribution is 7.91. The molecule has 0 saturated carbocycles. The molecule has 0 aromatic heterocycles. The highest BCUT2D eigenvalue weighted by Gasteiger charge is 2.27. The minimum absolute atomic E-state index is 0.301. The fourth-order valence-corrected chi connectivity index (χ4v) is 3.66. The molecule has 1 N–H and O–H groups in total. The molecule has 1 aliphatic rings. The van der Waals surface area contributed by atoms with Crippen molar-refractivity contribution in [2.24, 2.45) is 11.8 Å². The molecule has 0 bridgehead atoms. The smallest absolute Gasteiger partial charge is 0.150 e. The van der Waals surface area contributed by atoms with Gasteiger partial charge in [-0.1, -0.05) is 13.8 Å². The standard InChI is InChI=1S/C11H23NO3S/c1-10(2)8-15-5-4-12-7-11-3-6-16(13,14)9-11/h10-12H,3-9H2,1-2H3. The van der Waals surface area contributed by atoms with Crippen LogP contribution in [0, 0.1) is 11.8 Å². The molecule has 16 heavy (non-hydrogen) atoms. The maximum absolute atomic E-state index is 11.2. The van der Waals surface area contributed by atoms with Crippen molar-refractivity contribution in [3.63, 3.8) is 0 Å². The average Bonchev–Trinajstić information content (AvgIpc) is 2.51. The third-order valence-corrected chi connectivity index (χ3v) is 4.47. The Labute approximate surface area is 98.7 Å². The first-order valence-electron chi connectivity index (χ1n) is 5.98. The number of hydrogen-bond acceptors (Lipinski definition) is 4. The maximum atomic E-state index is 11.2. The highest BCUT2D eigenvalue weighted by Crippen LogP contribution is 2.17. The lowest BCUT2D eigenvalue weighted by Gasteiger charge is -2.10. The van der Waals surface area contributed by atoms with Crippen LogP contribution in [0.2, 0.25) is 0 Å². The van der Waals surface area contributed by atoms with Gasteiger partial charge in [0.25, 0.3) is 0 Å². The van der Waals surface area contributed by atoms with E-state index in [1.54, 1.807) is 0 Å². The first-order valence-corrected chi connectivity index (χ1v) is 7.80. The van der Waals surface area contributed by atoms with Gasteiger partial charge >= 0.3 is 0 Å². The van der Waals surface area contributed by atoms with Crippen molar-refractivity contribution in [3.05, 3.63) is 0 Å². The molecule has 1 atom stereocenters. The van der Waals surface area contributed by atoms with Gasteiger partial charge in [-0.15, -0.1) is 0 Å². The molecule has 1 rings (SSSR count). The first-order chi connectivity index (χ1) is 7.49. The summed E-state index contributed by atoms with van der Waals surface area (Å²) >= 11 is 0. The number of sulfone groups is 1. The molecule has 1 heterocycles. The molecule has 0 aromatic rings. The van der Waals surface area contributed by atoms with E-state index in [-0.39, 0.29) is 0 Å². The molecule has 4 nitrogen and oxygen atoms in total. The molecule has 1 aliphatic heterocycles. The molecular weight excluding hydrogens is 226 g/mol. The summed E-state index contributed by atoms with van der Waals surface area (Å²) in [5.74, 6) is 1.59. The number of hydrogen-bond donors (Lipinski definition) is 1. The van der Waals surface area contributed by atoms with Crippen LogP contribution in [-0.4, -0.2) is 46.2 Å². The lowest BCUT2D eigenvalue weighted by Crippen LogP contribution is -2.27. The normalized spacial score (nSPS) is 24.1. The van der Waals surface area contributed by atoms with Gasteiger partial charge in [0.1, 0.15) is 0 Å². The Morgan fingerprint density at radius 1 is 1.44 bits per heavy atom. The van der Waals surface area contributed by atoms with Crippen LogP contribution < -0.4 is 5.32 Å². The Morgan fingerprint density at radius 2 is 2.19 bits per heavy atom. The van der Waals surface area contributed by atoms with E-state index in [0.717, 1.165) is 26.1 Å². The van der Waals surface area contributed by atoms with Crippen LogP contribution in [0.3, 0.4) is 0 Å². The molecule has 1 unspecified atom stereocenters. The van der Waals surface area contributed by atoms with Crippen LogP contribution in [-0.2, 0) is 14.6 Å². The van der Waals surface area contributed by atoms with Crippen LogP contribution in [0.4, 0.5) is 0 Å². The molecule has 1 fully saturated rings. The zero-order valence-corrected chi connectivity index (χ0v) is 11.1. The fourth-order valence-electron chi connectivity index (χ4n) is 1.80. The lowest BCUT2D eigenvalue weighted by atomic mass is 10.1. The van der Waals surface area contributed by atoms with Crippen molar-refractivity contribution in [1.82, 2.24) is 5.32 Å². The second-order valence-corrected chi connectivity index (χ2v) is 7.17. The molecule has 0 amide bonds. The Hall–Kier alpha value is -0.130. The monoisotopic (exact) mass is 249 g/mol. The molecule has 1 saturated heterocycles. The lowest BCUT2D eigenvalue weighted by molar-refractivity contribution is 0.111. The largest absolute Gasteiger partial charge is 0.380 e. The van der Waals surface area contributed by atoms with E-state index in [0.29, 0.717) is 29.9 Å². The fraction of sp³-hybridized carbons (Fsp3) is 1.00. The maximum Gasteiger partial charge on any atom is 0.150 e. The summed E-state index contributed by atoms with van der Waals surface area (Å²) in [6, 6.07) is 0.